The van der Waals surface area contributed by atoms with Crippen molar-refractivity contribution in [3.8, 4) is 0 Å². The maximum atomic E-state index is 4.34. The Morgan fingerprint density at radius 3 is 2.35 bits per heavy atom. The van der Waals surface area contributed by atoms with Gasteiger partial charge >= 0.3 is 0 Å². The molecule has 2 N–H and O–H groups in total. The number of rotatable bonds is 3. The smallest absolute Gasteiger partial charge is 0.151 e. The van der Waals surface area contributed by atoms with Gasteiger partial charge in [-0.3, -0.25) is 4.98 Å². The minimum atomic E-state index is 0.685. The van der Waals surface area contributed by atoms with Crippen LogP contribution in [-0.2, 0) is 0 Å². The van der Waals surface area contributed by atoms with Gasteiger partial charge in [0.05, 0.1) is 18.1 Å². The standard InChI is InChI=1S/C11H10Br2N4/c1-14-9-5-15-6-10(16-9)17-11-7(12)3-2-4-8(11)13/h2-6H,1H3,(H2,14,16,17). The fourth-order valence-electron chi connectivity index (χ4n) is 1.29. The lowest BCUT2D eigenvalue weighted by molar-refractivity contribution is 1.18. The highest BCUT2D eigenvalue weighted by atomic mass is 79.9. The van der Waals surface area contributed by atoms with Gasteiger partial charge < -0.3 is 10.6 Å². The van der Waals surface area contributed by atoms with Crippen LogP contribution < -0.4 is 10.6 Å². The molecule has 6 heteroatoms. The number of anilines is 3. The van der Waals surface area contributed by atoms with Crippen molar-refractivity contribution in [2.75, 3.05) is 17.7 Å². The summed E-state index contributed by atoms with van der Waals surface area (Å²) in [5.41, 5.74) is 0.926. The molecule has 0 spiro atoms. The molecule has 0 aliphatic carbocycles. The zero-order valence-corrected chi connectivity index (χ0v) is 12.2. The average molecular weight is 358 g/mol. The van der Waals surface area contributed by atoms with Gasteiger partial charge in [-0.1, -0.05) is 6.07 Å². The lowest BCUT2D eigenvalue weighted by Crippen LogP contribution is -1.99. The van der Waals surface area contributed by atoms with E-state index in [0.29, 0.717) is 5.82 Å². The maximum absolute atomic E-state index is 4.34. The first-order valence-electron chi connectivity index (χ1n) is 4.91. The summed E-state index contributed by atoms with van der Waals surface area (Å²) < 4.78 is 1.92. The summed E-state index contributed by atoms with van der Waals surface area (Å²) >= 11 is 6.97. The zero-order chi connectivity index (χ0) is 12.3. The van der Waals surface area contributed by atoms with Crippen molar-refractivity contribution in [1.82, 2.24) is 9.97 Å². The number of hydrogen-bond donors (Lipinski definition) is 2. The summed E-state index contributed by atoms with van der Waals surface area (Å²) in [7, 11) is 1.81. The largest absolute Gasteiger partial charge is 0.372 e. The van der Waals surface area contributed by atoms with Gasteiger partial charge in [-0.05, 0) is 44.0 Å². The lowest BCUT2D eigenvalue weighted by Gasteiger charge is -2.10. The van der Waals surface area contributed by atoms with Crippen LogP contribution in [0.3, 0.4) is 0 Å². The number of nitrogens with zero attached hydrogens (tertiary/aromatic N) is 2. The average Bonchev–Trinajstić information content (AvgIpc) is 2.34. The molecule has 0 aliphatic heterocycles. The minimum Gasteiger partial charge on any atom is -0.372 e. The topological polar surface area (TPSA) is 49.8 Å². The van der Waals surface area contributed by atoms with Crippen LogP contribution in [0.1, 0.15) is 0 Å². The summed E-state index contributed by atoms with van der Waals surface area (Å²) in [5.74, 6) is 1.41. The van der Waals surface area contributed by atoms with Gasteiger partial charge in [0, 0.05) is 16.0 Å². The number of aromatic nitrogens is 2. The monoisotopic (exact) mass is 356 g/mol. The highest BCUT2D eigenvalue weighted by Crippen LogP contribution is 2.32. The molecular formula is C11H10Br2N4. The fourth-order valence-corrected chi connectivity index (χ4v) is 2.49. The van der Waals surface area contributed by atoms with E-state index in [2.05, 4.69) is 52.5 Å². The van der Waals surface area contributed by atoms with Crippen LogP contribution in [0.2, 0.25) is 0 Å². The van der Waals surface area contributed by atoms with Crippen molar-refractivity contribution < 1.29 is 0 Å². The Balaban J connectivity index is 2.31. The van der Waals surface area contributed by atoms with Crippen LogP contribution in [0.25, 0.3) is 0 Å². The van der Waals surface area contributed by atoms with Crippen LogP contribution in [0.4, 0.5) is 17.3 Å². The van der Waals surface area contributed by atoms with Crippen molar-refractivity contribution >= 4 is 49.2 Å². The second kappa shape index (κ2) is 5.46. The molecule has 0 amide bonds. The van der Waals surface area contributed by atoms with E-state index in [1.54, 1.807) is 12.4 Å². The molecule has 0 saturated heterocycles. The van der Waals surface area contributed by atoms with Gasteiger partial charge in [0.2, 0.25) is 0 Å². The summed E-state index contributed by atoms with van der Waals surface area (Å²) in [6.07, 6.45) is 3.34. The first-order valence-corrected chi connectivity index (χ1v) is 6.50. The highest BCUT2D eigenvalue weighted by molar-refractivity contribution is 9.11. The molecule has 1 aromatic heterocycles. The highest BCUT2D eigenvalue weighted by Gasteiger charge is 2.06. The quantitative estimate of drug-likeness (QED) is 0.877. The van der Waals surface area contributed by atoms with E-state index in [0.717, 1.165) is 20.5 Å². The molecule has 0 radical (unpaired) electrons. The van der Waals surface area contributed by atoms with Gasteiger partial charge in [-0.25, -0.2) is 4.98 Å². The van der Waals surface area contributed by atoms with Crippen LogP contribution in [0.15, 0.2) is 39.5 Å². The van der Waals surface area contributed by atoms with Gasteiger partial charge in [-0.15, -0.1) is 0 Å². The summed E-state index contributed by atoms with van der Waals surface area (Å²) in [4.78, 5) is 8.44. The first kappa shape index (κ1) is 12.3. The molecule has 0 fully saturated rings. The first-order chi connectivity index (χ1) is 8.20. The molecule has 0 atom stereocenters. The van der Waals surface area contributed by atoms with Gasteiger partial charge in [-0.2, -0.15) is 0 Å². The van der Waals surface area contributed by atoms with Crippen molar-refractivity contribution in [2.24, 2.45) is 0 Å². The molecule has 2 rings (SSSR count). The normalized spacial score (nSPS) is 10.1. The second-order valence-electron chi connectivity index (χ2n) is 3.26. The van der Waals surface area contributed by atoms with Crippen LogP contribution >= 0.6 is 31.9 Å². The van der Waals surface area contributed by atoms with Gasteiger partial charge in [0.15, 0.2) is 5.82 Å². The van der Waals surface area contributed by atoms with Gasteiger partial charge in [0.25, 0.3) is 0 Å². The van der Waals surface area contributed by atoms with Crippen LogP contribution in [-0.4, -0.2) is 17.0 Å². The number of hydrogen-bond acceptors (Lipinski definition) is 4. The molecule has 88 valence electrons. The third-order valence-electron chi connectivity index (χ3n) is 2.11. The number of para-hydroxylation sites is 1. The van der Waals surface area contributed by atoms with E-state index < -0.39 is 0 Å². The molecule has 1 heterocycles. The van der Waals surface area contributed by atoms with Crippen LogP contribution in [0, 0.1) is 0 Å². The molecule has 2 aromatic rings. The Kier molecular flexibility index (Phi) is 3.96. The van der Waals surface area contributed by atoms with E-state index in [1.807, 2.05) is 25.2 Å². The van der Waals surface area contributed by atoms with E-state index in [-0.39, 0.29) is 0 Å². The Labute approximate surface area is 116 Å². The van der Waals surface area contributed by atoms with Crippen LogP contribution in [0.5, 0.6) is 0 Å². The Bertz CT molecular complexity index is 510. The summed E-state index contributed by atoms with van der Waals surface area (Å²) in [6, 6.07) is 5.87. The van der Waals surface area contributed by atoms with Crippen molar-refractivity contribution in [2.45, 2.75) is 0 Å². The molecular weight excluding hydrogens is 348 g/mol. The molecule has 4 nitrogen and oxygen atoms in total. The van der Waals surface area contributed by atoms with Crippen molar-refractivity contribution in [3.63, 3.8) is 0 Å². The van der Waals surface area contributed by atoms with E-state index in [1.165, 1.54) is 0 Å². The third kappa shape index (κ3) is 2.95. The molecule has 17 heavy (non-hydrogen) atoms. The number of nitrogens with one attached hydrogen (secondary N) is 2. The van der Waals surface area contributed by atoms with E-state index in [9.17, 15) is 0 Å². The zero-order valence-electron chi connectivity index (χ0n) is 9.04. The lowest BCUT2D eigenvalue weighted by atomic mass is 10.3. The Morgan fingerprint density at radius 1 is 1.06 bits per heavy atom. The molecule has 0 aliphatic rings. The molecule has 0 unspecified atom stereocenters. The predicted molar refractivity (Wildman–Crippen MR) is 76.7 cm³/mol. The third-order valence-corrected chi connectivity index (χ3v) is 3.43. The van der Waals surface area contributed by atoms with Gasteiger partial charge in [0.1, 0.15) is 5.82 Å². The van der Waals surface area contributed by atoms with Crippen molar-refractivity contribution in [1.29, 1.82) is 0 Å². The number of benzene rings is 1. The van der Waals surface area contributed by atoms with E-state index >= 15 is 0 Å². The molecule has 0 saturated carbocycles. The SMILES string of the molecule is CNc1cncc(Nc2c(Br)cccc2Br)n1. The van der Waals surface area contributed by atoms with Crippen molar-refractivity contribution in [3.05, 3.63) is 39.5 Å². The predicted octanol–water partition coefficient (Wildman–Crippen LogP) is 3.79. The fraction of sp³-hybridized carbons (Fsp3) is 0.0909. The molecule has 0 bridgehead atoms. The number of halogens is 2. The minimum absolute atomic E-state index is 0.685. The summed E-state index contributed by atoms with van der Waals surface area (Å²) in [6.45, 7) is 0. The Morgan fingerprint density at radius 2 is 1.71 bits per heavy atom. The summed E-state index contributed by atoms with van der Waals surface area (Å²) in [5, 5.41) is 6.15. The second-order valence-corrected chi connectivity index (χ2v) is 4.97. The Hall–Kier alpha value is -1.14. The maximum Gasteiger partial charge on any atom is 0.151 e. The van der Waals surface area contributed by atoms with E-state index in [4.69, 9.17) is 0 Å². The molecule has 1 aromatic carbocycles.